The second-order valence-electron chi connectivity index (χ2n) is 10.6. The monoisotopic (exact) mass is 458 g/mol. The van der Waals surface area contributed by atoms with Gasteiger partial charge in [-0.3, -0.25) is 0 Å². The van der Waals surface area contributed by atoms with E-state index in [2.05, 4.69) is 66.2 Å². The van der Waals surface area contributed by atoms with Gasteiger partial charge in [0.2, 0.25) is 0 Å². The lowest BCUT2D eigenvalue weighted by Gasteiger charge is -2.32. The summed E-state index contributed by atoms with van der Waals surface area (Å²) in [5.74, 6) is 1.18. The maximum atomic E-state index is 4.51. The Bertz CT molecular complexity index is 915. The van der Waals surface area contributed by atoms with Gasteiger partial charge in [-0.2, -0.15) is 0 Å². The summed E-state index contributed by atoms with van der Waals surface area (Å²) < 4.78 is 0. The van der Waals surface area contributed by atoms with Crippen LogP contribution in [0.5, 0.6) is 0 Å². The first-order chi connectivity index (χ1) is 16.7. The third-order valence-electron chi connectivity index (χ3n) is 8.22. The molecule has 2 atom stereocenters. The van der Waals surface area contributed by atoms with E-state index in [1.54, 1.807) is 22.3 Å². The second-order valence-corrected chi connectivity index (χ2v) is 10.6. The van der Waals surface area contributed by atoms with Crippen LogP contribution in [-0.4, -0.2) is 30.6 Å². The van der Waals surface area contributed by atoms with E-state index >= 15 is 0 Å². The van der Waals surface area contributed by atoms with Crippen LogP contribution in [0.4, 0.5) is 0 Å². The Labute approximate surface area is 208 Å². The topological polar surface area (TPSA) is 15.3 Å². The maximum Gasteiger partial charge on any atom is 0.0451 e. The summed E-state index contributed by atoms with van der Waals surface area (Å²) in [6, 6.07) is 16.7. The average Bonchev–Trinajstić information content (AvgIpc) is 3.53. The molecule has 1 N–H and O–H groups in total. The lowest BCUT2D eigenvalue weighted by molar-refractivity contribution is 0.279. The first-order valence-corrected chi connectivity index (χ1v) is 14.0. The van der Waals surface area contributed by atoms with Crippen LogP contribution in [0.15, 0.2) is 54.7 Å². The molecule has 2 aliphatic carbocycles. The van der Waals surface area contributed by atoms with E-state index in [1.807, 2.05) is 13.8 Å². The molecule has 2 aromatic rings. The lowest BCUT2D eigenvalue weighted by atomic mass is 9.85. The van der Waals surface area contributed by atoms with Gasteiger partial charge in [0.05, 0.1) is 0 Å². The van der Waals surface area contributed by atoms with Gasteiger partial charge in [-0.1, -0.05) is 69.8 Å². The number of likely N-dealkylation sites (tertiary alicyclic amines) is 1. The number of nitrogens with one attached hydrogen (secondary N) is 1. The number of nitrogens with zero attached hydrogens (tertiary/aromatic N) is 1. The smallest absolute Gasteiger partial charge is 0.0451 e. The molecule has 0 spiro atoms. The Kier molecular flexibility index (Phi) is 8.89. The zero-order valence-electron chi connectivity index (χ0n) is 21.9. The minimum atomic E-state index is 0.422. The summed E-state index contributed by atoms with van der Waals surface area (Å²) in [6.45, 7) is 14.6. The highest BCUT2D eigenvalue weighted by molar-refractivity contribution is 5.36. The molecule has 0 radical (unpaired) electrons. The molecule has 1 heterocycles. The molecule has 1 aliphatic heterocycles. The van der Waals surface area contributed by atoms with Crippen LogP contribution < -0.4 is 5.32 Å². The van der Waals surface area contributed by atoms with Gasteiger partial charge >= 0.3 is 0 Å². The van der Waals surface area contributed by atoms with E-state index in [4.69, 9.17) is 0 Å². The third-order valence-corrected chi connectivity index (χ3v) is 8.22. The molecule has 34 heavy (non-hydrogen) atoms. The highest BCUT2D eigenvalue weighted by Crippen LogP contribution is 2.31. The van der Waals surface area contributed by atoms with Crippen molar-refractivity contribution in [1.29, 1.82) is 0 Å². The van der Waals surface area contributed by atoms with Crippen LogP contribution in [-0.2, 0) is 25.7 Å². The Morgan fingerprint density at radius 2 is 1.56 bits per heavy atom. The van der Waals surface area contributed by atoms with Crippen molar-refractivity contribution in [2.75, 3.05) is 19.6 Å². The molecule has 1 fully saturated rings. The minimum Gasteiger partial charge on any atom is -0.384 e. The molecule has 0 bridgehead atoms. The molecule has 0 amide bonds. The minimum absolute atomic E-state index is 0.422. The molecule has 3 aliphatic rings. The first-order valence-electron chi connectivity index (χ1n) is 14.0. The Balaban J connectivity index is 0.00000133. The van der Waals surface area contributed by atoms with Crippen molar-refractivity contribution in [1.82, 2.24) is 10.2 Å². The Morgan fingerprint density at radius 1 is 0.912 bits per heavy atom. The van der Waals surface area contributed by atoms with E-state index < -0.39 is 0 Å². The van der Waals surface area contributed by atoms with E-state index in [-0.39, 0.29) is 0 Å². The zero-order chi connectivity index (χ0) is 23.9. The molecular weight excluding hydrogens is 412 g/mol. The van der Waals surface area contributed by atoms with Gasteiger partial charge in [0, 0.05) is 24.2 Å². The van der Waals surface area contributed by atoms with Crippen LogP contribution >= 0.6 is 0 Å². The molecule has 2 aromatic carbocycles. The van der Waals surface area contributed by atoms with Crippen molar-refractivity contribution in [3.63, 3.8) is 0 Å². The van der Waals surface area contributed by atoms with E-state index in [0.717, 1.165) is 13.0 Å². The summed E-state index contributed by atoms with van der Waals surface area (Å²) in [4.78, 5) is 2.66. The second kappa shape index (κ2) is 12.1. The van der Waals surface area contributed by atoms with Gasteiger partial charge in [-0.25, -0.2) is 0 Å². The van der Waals surface area contributed by atoms with Crippen LogP contribution in [0.25, 0.3) is 0 Å². The third kappa shape index (κ3) is 6.13. The first kappa shape index (κ1) is 25.0. The van der Waals surface area contributed by atoms with Crippen molar-refractivity contribution in [3.05, 3.63) is 82.6 Å². The summed E-state index contributed by atoms with van der Waals surface area (Å²) in [5, 5.41) is 3.94. The van der Waals surface area contributed by atoms with Gasteiger partial charge in [0.25, 0.3) is 0 Å². The van der Waals surface area contributed by atoms with E-state index in [9.17, 15) is 0 Å². The summed E-state index contributed by atoms with van der Waals surface area (Å²) in [6.07, 6.45) is 11.4. The quantitative estimate of drug-likeness (QED) is 0.455. The predicted octanol–water partition coefficient (Wildman–Crippen LogP) is 7.07. The van der Waals surface area contributed by atoms with Gasteiger partial charge in [-0.05, 0) is 105 Å². The highest BCUT2D eigenvalue weighted by atomic mass is 15.2. The number of fused-ring (bicyclic) bond motifs is 2. The van der Waals surface area contributed by atoms with Crippen molar-refractivity contribution < 1.29 is 0 Å². The van der Waals surface area contributed by atoms with Crippen LogP contribution in [0, 0.1) is 5.92 Å². The molecule has 0 saturated carbocycles. The summed E-state index contributed by atoms with van der Waals surface area (Å²) in [5.41, 5.74) is 9.01. The number of hydrogen-bond donors (Lipinski definition) is 1. The molecule has 184 valence electrons. The van der Waals surface area contributed by atoms with Crippen LogP contribution in [0.3, 0.4) is 0 Å². The molecule has 5 rings (SSSR count). The fraction of sp³-hybridized carbons (Fsp3) is 0.562. The highest BCUT2D eigenvalue weighted by Gasteiger charge is 2.27. The maximum absolute atomic E-state index is 4.51. The SMILES string of the molecule is C=C(CC1Cc2ccccc2C1)NC(CN1CCCC1)C(C)c1ccc2c(c1)CCCC2.CC. The lowest BCUT2D eigenvalue weighted by Crippen LogP contribution is -2.43. The number of allylic oxidation sites excluding steroid dienone is 1. The van der Waals surface area contributed by atoms with Crippen LogP contribution in [0.1, 0.15) is 86.6 Å². The van der Waals surface area contributed by atoms with Gasteiger partial charge in [-0.15, -0.1) is 0 Å². The zero-order valence-corrected chi connectivity index (χ0v) is 21.9. The number of rotatable bonds is 8. The van der Waals surface area contributed by atoms with Gasteiger partial charge in [0.15, 0.2) is 0 Å². The number of hydrogen-bond acceptors (Lipinski definition) is 2. The van der Waals surface area contributed by atoms with Gasteiger partial charge < -0.3 is 10.2 Å². The summed E-state index contributed by atoms with van der Waals surface area (Å²) >= 11 is 0. The fourth-order valence-corrected chi connectivity index (χ4v) is 6.30. The number of aryl methyl sites for hydroxylation is 2. The molecule has 0 aromatic heterocycles. The van der Waals surface area contributed by atoms with E-state index in [1.165, 1.54) is 75.7 Å². The number of benzene rings is 2. The normalized spacial score (nSPS) is 19.5. The van der Waals surface area contributed by atoms with E-state index in [0.29, 0.717) is 17.9 Å². The van der Waals surface area contributed by atoms with Gasteiger partial charge in [0.1, 0.15) is 0 Å². The Hall–Kier alpha value is -2.06. The largest absolute Gasteiger partial charge is 0.384 e. The predicted molar refractivity (Wildman–Crippen MR) is 147 cm³/mol. The summed E-state index contributed by atoms with van der Waals surface area (Å²) in [7, 11) is 0. The molecule has 2 nitrogen and oxygen atoms in total. The van der Waals surface area contributed by atoms with Crippen molar-refractivity contribution in [2.45, 2.75) is 90.5 Å². The Morgan fingerprint density at radius 3 is 2.24 bits per heavy atom. The van der Waals surface area contributed by atoms with Crippen molar-refractivity contribution >= 4 is 0 Å². The molecule has 2 unspecified atom stereocenters. The fourth-order valence-electron chi connectivity index (χ4n) is 6.30. The molecule has 1 saturated heterocycles. The van der Waals surface area contributed by atoms with Crippen molar-refractivity contribution in [2.24, 2.45) is 5.92 Å². The molecule has 2 heteroatoms. The van der Waals surface area contributed by atoms with Crippen molar-refractivity contribution in [3.8, 4) is 0 Å². The van der Waals surface area contributed by atoms with Crippen LogP contribution in [0.2, 0.25) is 0 Å². The molecular formula is C32H46N2. The standard InChI is InChI=1S/C30H40N2.C2H6/c1-22(17-24-18-27-10-5-6-11-28(27)19-24)31-30(21-32-15-7-8-16-32)23(2)26-14-13-25-9-3-4-12-29(25)20-26;1-2/h5-6,10-11,13-14,20,23-24,30-31H,1,3-4,7-9,12,15-19,21H2,2H3;1-2H3. The average molecular weight is 459 g/mol.